The van der Waals surface area contributed by atoms with E-state index >= 15 is 0 Å². The minimum atomic E-state index is -1.13. The van der Waals surface area contributed by atoms with Crippen LogP contribution in [0.1, 0.15) is 28.7 Å². The molecule has 19 heavy (non-hydrogen) atoms. The molecular weight excluding hydrogens is 244 g/mol. The lowest BCUT2D eigenvalue weighted by Gasteiger charge is -2.23. The van der Waals surface area contributed by atoms with Crippen molar-refractivity contribution < 1.29 is 14.4 Å². The van der Waals surface area contributed by atoms with Crippen LogP contribution in [0.4, 0.5) is 0 Å². The molecule has 0 aliphatic rings. The third-order valence-electron chi connectivity index (χ3n) is 2.84. The van der Waals surface area contributed by atoms with Gasteiger partial charge < -0.3 is 14.9 Å². The minimum Gasteiger partial charge on any atom is -0.384 e. The Labute approximate surface area is 111 Å². The van der Waals surface area contributed by atoms with Gasteiger partial charge in [0.05, 0.1) is 12.2 Å². The van der Waals surface area contributed by atoms with E-state index in [1.807, 2.05) is 30.3 Å². The second kappa shape index (κ2) is 5.24. The van der Waals surface area contributed by atoms with Crippen molar-refractivity contribution in [2.45, 2.75) is 19.4 Å². The second-order valence-corrected chi connectivity index (χ2v) is 4.66. The van der Waals surface area contributed by atoms with Crippen LogP contribution < -0.4 is 5.32 Å². The predicted molar refractivity (Wildman–Crippen MR) is 69.6 cm³/mol. The average Bonchev–Trinajstić information content (AvgIpc) is 2.84. The van der Waals surface area contributed by atoms with Crippen molar-refractivity contribution in [1.82, 2.24) is 10.5 Å². The van der Waals surface area contributed by atoms with Crippen LogP contribution in [0.3, 0.4) is 0 Å². The van der Waals surface area contributed by atoms with Crippen molar-refractivity contribution in [3.63, 3.8) is 0 Å². The molecule has 0 bridgehead atoms. The van der Waals surface area contributed by atoms with Crippen LogP contribution in [0, 0.1) is 6.92 Å². The summed E-state index contributed by atoms with van der Waals surface area (Å²) in [6.07, 6.45) is 0. The summed E-state index contributed by atoms with van der Waals surface area (Å²) in [4.78, 5) is 11.8. The number of hydrogen-bond donors (Lipinski definition) is 2. The molecule has 2 N–H and O–H groups in total. The summed E-state index contributed by atoms with van der Waals surface area (Å²) in [6.45, 7) is 3.48. The monoisotopic (exact) mass is 260 g/mol. The lowest BCUT2D eigenvalue weighted by molar-refractivity contribution is 0.0516. The van der Waals surface area contributed by atoms with Gasteiger partial charge in [0.15, 0.2) is 0 Å². The Kier molecular flexibility index (Phi) is 3.66. The van der Waals surface area contributed by atoms with Gasteiger partial charge in [-0.05, 0) is 19.4 Å². The predicted octanol–water partition coefficient (Wildman–Crippen LogP) is 1.62. The number of carbonyl (C=O) groups is 1. The molecule has 1 aromatic heterocycles. The van der Waals surface area contributed by atoms with Crippen LogP contribution in [0.15, 0.2) is 40.9 Å². The number of amides is 1. The number of aromatic nitrogens is 1. The summed E-state index contributed by atoms with van der Waals surface area (Å²) in [7, 11) is 0. The van der Waals surface area contributed by atoms with Gasteiger partial charge in [0.2, 0.25) is 5.76 Å². The molecule has 1 heterocycles. The van der Waals surface area contributed by atoms with Gasteiger partial charge in [-0.2, -0.15) is 0 Å². The first-order chi connectivity index (χ1) is 8.99. The fraction of sp³-hybridized carbons (Fsp3) is 0.286. The third-order valence-corrected chi connectivity index (χ3v) is 2.84. The fourth-order valence-corrected chi connectivity index (χ4v) is 1.71. The Hall–Kier alpha value is -2.14. The standard InChI is InChI=1S/C14H16N2O3/c1-10-8-12(19-16-10)13(17)15-9-14(2,18)11-6-4-3-5-7-11/h3-8,18H,9H2,1-2H3,(H,15,17). The molecule has 0 aliphatic carbocycles. The zero-order valence-electron chi connectivity index (χ0n) is 10.9. The van der Waals surface area contributed by atoms with E-state index < -0.39 is 11.5 Å². The topological polar surface area (TPSA) is 75.4 Å². The number of carbonyl (C=O) groups excluding carboxylic acids is 1. The van der Waals surface area contributed by atoms with Crippen LogP contribution in [0.5, 0.6) is 0 Å². The van der Waals surface area contributed by atoms with E-state index in [2.05, 4.69) is 10.5 Å². The van der Waals surface area contributed by atoms with Crippen LogP contribution in [-0.2, 0) is 5.60 Å². The Morgan fingerprint density at radius 1 is 1.42 bits per heavy atom. The first-order valence-electron chi connectivity index (χ1n) is 5.98. The Morgan fingerprint density at radius 3 is 2.68 bits per heavy atom. The molecule has 2 rings (SSSR count). The summed E-state index contributed by atoms with van der Waals surface area (Å²) in [6, 6.07) is 10.7. The highest BCUT2D eigenvalue weighted by Crippen LogP contribution is 2.19. The summed E-state index contributed by atoms with van der Waals surface area (Å²) in [5, 5.41) is 16.6. The van der Waals surface area contributed by atoms with Gasteiger partial charge >= 0.3 is 0 Å². The highest BCUT2D eigenvalue weighted by molar-refractivity contribution is 5.91. The van der Waals surface area contributed by atoms with Crippen LogP contribution >= 0.6 is 0 Å². The van der Waals surface area contributed by atoms with Crippen LogP contribution in [-0.4, -0.2) is 22.7 Å². The fourth-order valence-electron chi connectivity index (χ4n) is 1.71. The molecule has 0 saturated carbocycles. The van der Waals surface area contributed by atoms with Gasteiger partial charge in [0, 0.05) is 6.07 Å². The van der Waals surface area contributed by atoms with E-state index in [0.29, 0.717) is 5.69 Å². The lowest BCUT2D eigenvalue weighted by Crippen LogP contribution is -2.38. The van der Waals surface area contributed by atoms with Crippen molar-refractivity contribution in [2.24, 2.45) is 0 Å². The van der Waals surface area contributed by atoms with E-state index in [4.69, 9.17) is 4.52 Å². The van der Waals surface area contributed by atoms with E-state index in [1.54, 1.807) is 19.9 Å². The Morgan fingerprint density at radius 2 is 2.11 bits per heavy atom. The van der Waals surface area contributed by atoms with Crippen molar-refractivity contribution in [1.29, 1.82) is 0 Å². The maximum absolute atomic E-state index is 11.8. The average molecular weight is 260 g/mol. The number of nitrogens with one attached hydrogen (secondary N) is 1. The molecule has 5 heteroatoms. The maximum atomic E-state index is 11.8. The van der Waals surface area contributed by atoms with Crippen LogP contribution in [0.25, 0.3) is 0 Å². The number of nitrogens with zero attached hydrogens (tertiary/aromatic N) is 1. The SMILES string of the molecule is Cc1cc(C(=O)NCC(C)(O)c2ccccc2)on1. The van der Waals surface area contributed by atoms with Crippen molar-refractivity contribution in [3.05, 3.63) is 53.4 Å². The lowest BCUT2D eigenvalue weighted by atomic mass is 9.96. The zero-order valence-corrected chi connectivity index (χ0v) is 10.9. The number of benzene rings is 1. The van der Waals surface area contributed by atoms with E-state index in [0.717, 1.165) is 5.56 Å². The van der Waals surface area contributed by atoms with Gasteiger partial charge in [0.1, 0.15) is 5.60 Å². The summed E-state index contributed by atoms with van der Waals surface area (Å²) in [5.74, 6) is -0.252. The summed E-state index contributed by atoms with van der Waals surface area (Å²) >= 11 is 0. The van der Waals surface area contributed by atoms with E-state index in [1.165, 1.54) is 0 Å². The van der Waals surface area contributed by atoms with Gasteiger partial charge in [-0.15, -0.1) is 0 Å². The van der Waals surface area contributed by atoms with Crippen molar-refractivity contribution in [2.75, 3.05) is 6.54 Å². The molecule has 1 aromatic carbocycles. The molecule has 0 fully saturated rings. The third kappa shape index (κ3) is 3.20. The molecule has 1 unspecified atom stereocenters. The Balaban J connectivity index is 2.00. The van der Waals surface area contributed by atoms with Gasteiger partial charge in [-0.1, -0.05) is 35.5 Å². The highest BCUT2D eigenvalue weighted by Gasteiger charge is 2.24. The smallest absolute Gasteiger partial charge is 0.290 e. The van der Waals surface area contributed by atoms with Gasteiger partial charge in [-0.25, -0.2) is 0 Å². The zero-order chi connectivity index (χ0) is 13.9. The largest absolute Gasteiger partial charge is 0.384 e. The minimum absolute atomic E-state index is 0.0929. The molecular formula is C14H16N2O3. The first kappa shape index (κ1) is 13.3. The normalized spacial score (nSPS) is 13.8. The summed E-state index contributed by atoms with van der Waals surface area (Å²) < 4.78 is 4.85. The molecule has 5 nitrogen and oxygen atoms in total. The van der Waals surface area contributed by atoms with Crippen molar-refractivity contribution >= 4 is 5.91 Å². The molecule has 1 atom stereocenters. The molecule has 100 valence electrons. The van der Waals surface area contributed by atoms with E-state index in [9.17, 15) is 9.90 Å². The highest BCUT2D eigenvalue weighted by atomic mass is 16.5. The quantitative estimate of drug-likeness (QED) is 0.876. The number of aliphatic hydroxyl groups is 1. The van der Waals surface area contributed by atoms with Gasteiger partial charge in [0.25, 0.3) is 5.91 Å². The van der Waals surface area contributed by atoms with Gasteiger partial charge in [-0.3, -0.25) is 4.79 Å². The number of hydrogen-bond acceptors (Lipinski definition) is 4. The molecule has 2 aromatic rings. The molecule has 1 amide bonds. The van der Waals surface area contributed by atoms with Crippen molar-refractivity contribution in [3.8, 4) is 0 Å². The van der Waals surface area contributed by atoms with Crippen LogP contribution in [0.2, 0.25) is 0 Å². The van der Waals surface area contributed by atoms with E-state index in [-0.39, 0.29) is 12.3 Å². The maximum Gasteiger partial charge on any atom is 0.290 e. The second-order valence-electron chi connectivity index (χ2n) is 4.66. The molecule has 0 aliphatic heterocycles. The molecule has 0 saturated heterocycles. The Bertz CT molecular complexity index is 561. The number of rotatable bonds is 4. The summed E-state index contributed by atoms with van der Waals surface area (Å²) in [5.41, 5.74) is 0.246. The molecule has 0 radical (unpaired) electrons. The molecule has 0 spiro atoms. The number of aryl methyl sites for hydroxylation is 1. The first-order valence-corrected chi connectivity index (χ1v) is 5.98.